The first kappa shape index (κ1) is 24.8. The van der Waals surface area contributed by atoms with E-state index in [9.17, 15) is 22.8 Å². The number of halogens is 3. The van der Waals surface area contributed by atoms with Gasteiger partial charge in [0.25, 0.3) is 0 Å². The van der Waals surface area contributed by atoms with Crippen LogP contribution in [0.25, 0.3) is 0 Å². The van der Waals surface area contributed by atoms with Crippen molar-refractivity contribution in [1.29, 1.82) is 0 Å². The molecule has 1 aromatic heterocycles. The molecule has 3 aromatic rings. The summed E-state index contributed by atoms with van der Waals surface area (Å²) in [5.74, 6) is -0.257. The zero-order chi connectivity index (χ0) is 25.0. The Kier molecular flexibility index (Phi) is 7.45. The molecule has 1 fully saturated rings. The maximum absolute atomic E-state index is 13.4. The molecule has 1 aliphatic carbocycles. The van der Waals surface area contributed by atoms with E-state index in [1.54, 1.807) is 16.2 Å². The molecule has 5 nitrogen and oxygen atoms in total. The SMILES string of the molecule is Cc1ccsc1CN(Cc1ccccc1)C(=O)CN(C(=O)Nc1ccccc1C(F)(F)F)C1CC1. The van der Waals surface area contributed by atoms with Crippen molar-refractivity contribution < 1.29 is 22.8 Å². The summed E-state index contributed by atoms with van der Waals surface area (Å²) in [5, 5.41) is 4.36. The smallest absolute Gasteiger partial charge is 0.332 e. The number of urea groups is 1. The number of carbonyl (C=O) groups excluding carboxylic acids is 2. The summed E-state index contributed by atoms with van der Waals surface area (Å²) in [6, 6.07) is 15.5. The minimum atomic E-state index is -4.60. The van der Waals surface area contributed by atoms with Crippen molar-refractivity contribution in [2.24, 2.45) is 0 Å². The number of hydrogen-bond donors (Lipinski definition) is 1. The van der Waals surface area contributed by atoms with Crippen molar-refractivity contribution >= 4 is 29.0 Å². The second-order valence-electron chi connectivity index (χ2n) is 8.59. The summed E-state index contributed by atoms with van der Waals surface area (Å²) in [6.45, 7) is 2.54. The summed E-state index contributed by atoms with van der Waals surface area (Å²) in [5.41, 5.74) is 0.797. The quantitative estimate of drug-likeness (QED) is 0.394. The number of nitrogens with one attached hydrogen (secondary N) is 1. The zero-order valence-corrected chi connectivity index (χ0v) is 20.0. The van der Waals surface area contributed by atoms with Gasteiger partial charge in [-0.15, -0.1) is 11.3 Å². The molecule has 0 bridgehead atoms. The number of hydrogen-bond acceptors (Lipinski definition) is 3. The van der Waals surface area contributed by atoms with Crippen molar-refractivity contribution in [2.45, 2.75) is 45.1 Å². The summed E-state index contributed by atoms with van der Waals surface area (Å²) < 4.78 is 40.1. The zero-order valence-electron chi connectivity index (χ0n) is 19.2. The largest absolute Gasteiger partial charge is 0.418 e. The Hall–Kier alpha value is -3.33. The standard InChI is InChI=1S/C26H26F3N3O2S/c1-18-13-14-35-23(18)16-31(15-19-7-3-2-4-8-19)24(33)17-32(20-11-12-20)25(34)30-22-10-6-5-9-21(22)26(27,28)29/h2-10,13-14,20H,11-12,15-17H2,1H3,(H,30,34). The molecule has 0 radical (unpaired) electrons. The molecular weight excluding hydrogens is 475 g/mol. The lowest BCUT2D eigenvalue weighted by atomic mass is 10.1. The Morgan fingerprint density at radius 1 is 1.00 bits per heavy atom. The topological polar surface area (TPSA) is 52.7 Å². The van der Waals surface area contributed by atoms with E-state index in [4.69, 9.17) is 0 Å². The molecule has 0 aliphatic heterocycles. The molecule has 1 saturated carbocycles. The van der Waals surface area contributed by atoms with Crippen molar-refractivity contribution in [3.8, 4) is 0 Å². The van der Waals surface area contributed by atoms with Gasteiger partial charge in [-0.25, -0.2) is 4.79 Å². The summed E-state index contributed by atoms with van der Waals surface area (Å²) in [4.78, 5) is 30.6. The van der Waals surface area contributed by atoms with E-state index in [0.29, 0.717) is 25.9 Å². The molecule has 1 heterocycles. The van der Waals surface area contributed by atoms with Gasteiger partial charge in [-0.2, -0.15) is 13.2 Å². The highest BCUT2D eigenvalue weighted by Crippen LogP contribution is 2.35. The molecular formula is C26H26F3N3O2S. The third kappa shape index (κ3) is 6.42. The minimum absolute atomic E-state index is 0.168. The number of rotatable bonds is 8. The first-order valence-corrected chi connectivity index (χ1v) is 12.2. The number of amides is 3. The first-order valence-electron chi connectivity index (χ1n) is 11.3. The van der Waals surface area contributed by atoms with Crippen molar-refractivity contribution in [1.82, 2.24) is 9.80 Å². The van der Waals surface area contributed by atoms with Crippen LogP contribution in [-0.4, -0.2) is 34.3 Å². The summed E-state index contributed by atoms with van der Waals surface area (Å²) in [7, 11) is 0. The van der Waals surface area contributed by atoms with E-state index in [1.807, 2.05) is 48.7 Å². The number of benzene rings is 2. The lowest BCUT2D eigenvalue weighted by molar-refractivity contribution is -0.137. The van der Waals surface area contributed by atoms with E-state index in [1.165, 1.54) is 23.1 Å². The molecule has 1 aliphatic rings. The monoisotopic (exact) mass is 501 g/mol. The van der Waals surface area contributed by atoms with Crippen molar-refractivity contribution in [2.75, 3.05) is 11.9 Å². The number of thiophene rings is 1. The van der Waals surface area contributed by atoms with Gasteiger partial charge in [0.05, 0.1) is 17.8 Å². The fourth-order valence-electron chi connectivity index (χ4n) is 3.80. The second kappa shape index (κ2) is 10.5. The number of aryl methyl sites for hydroxylation is 1. The Balaban J connectivity index is 1.52. The number of para-hydroxylation sites is 1. The molecule has 1 N–H and O–H groups in total. The Morgan fingerprint density at radius 2 is 1.69 bits per heavy atom. The van der Waals surface area contributed by atoms with Crippen LogP contribution in [0, 0.1) is 6.92 Å². The van der Waals surface area contributed by atoms with Gasteiger partial charge in [0, 0.05) is 17.5 Å². The molecule has 2 aromatic carbocycles. The third-order valence-corrected chi connectivity index (χ3v) is 6.91. The predicted molar refractivity (Wildman–Crippen MR) is 130 cm³/mol. The van der Waals surface area contributed by atoms with Crippen LogP contribution in [0.5, 0.6) is 0 Å². The fourth-order valence-corrected chi connectivity index (χ4v) is 4.72. The van der Waals surface area contributed by atoms with Gasteiger partial charge in [0.1, 0.15) is 6.54 Å². The van der Waals surface area contributed by atoms with Gasteiger partial charge in [0.2, 0.25) is 5.91 Å². The van der Waals surface area contributed by atoms with Gasteiger partial charge in [-0.3, -0.25) is 4.79 Å². The van der Waals surface area contributed by atoms with Crippen LogP contribution in [0.3, 0.4) is 0 Å². The maximum atomic E-state index is 13.4. The average Bonchev–Trinajstić information content (AvgIpc) is 3.59. The van der Waals surface area contributed by atoms with Gasteiger partial charge >= 0.3 is 12.2 Å². The van der Waals surface area contributed by atoms with E-state index in [2.05, 4.69) is 5.32 Å². The summed E-state index contributed by atoms with van der Waals surface area (Å²) >= 11 is 1.56. The van der Waals surface area contributed by atoms with Crippen molar-refractivity contribution in [3.63, 3.8) is 0 Å². The molecule has 0 atom stereocenters. The van der Waals surface area contributed by atoms with E-state index < -0.39 is 17.8 Å². The molecule has 3 amide bonds. The first-order chi connectivity index (χ1) is 16.7. The Labute approximate surface area is 206 Å². The molecule has 35 heavy (non-hydrogen) atoms. The molecule has 0 unspecified atom stereocenters. The lowest BCUT2D eigenvalue weighted by Gasteiger charge is -2.28. The molecule has 4 rings (SSSR count). The average molecular weight is 502 g/mol. The predicted octanol–water partition coefficient (Wildman–Crippen LogP) is 6.30. The third-order valence-electron chi connectivity index (χ3n) is 5.90. The van der Waals surface area contributed by atoms with E-state index in [0.717, 1.165) is 22.1 Å². The number of carbonyl (C=O) groups is 2. The van der Waals surface area contributed by atoms with Gasteiger partial charge in [0.15, 0.2) is 0 Å². The highest BCUT2D eigenvalue weighted by atomic mass is 32.1. The molecule has 184 valence electrons. The normalized spacial score (nSPS) is 13.4. The van der Waals surface area contributed by atoms with E-state index >= 15 is 0 Å². The number of anilines is 1. The van der Waals surface area contributed by atoms with Crippen LogP contribution in [0.15, 0.2) is 66.0 Å². The van der Waals surface area contributed by atoms with Crippen molar-refractivity contribution in [3.05, 3.63) is 87.6 Å². The number of nitrogens with zero attached hydrogens (tertiary/aromatic N) is 2. The van der Waals surface area contributed by atoms with Crippen LogP contribution in [0.4, 0.5) is 23.7 Å². The van der Waals surface area contributed by atoms with Crippen LogP contribution >= 0.6 is 11.3 Å². The maximum Gasteiger partial charge on any atom is 0.418 e. The molecule has 9 heteroatoms. The van der Waals surface area contributed by atoms with Gasteiger partial charge in [-0.05, 0) is 54.5 Å². The van der Waals surface area contributed by atoms with Gasteiger partial charge < -0.3 is 15.1 Å². The second-order valence-corrected chi connectivity index (χ2v) is 9.60. The highest BCUT2D eigenvalue weighted by Gasteiger charge is 2.37. The molecule has 0 saturated heterocycles. The molecule has 0 spiro atoms. The lowest BCUT2D eigenvalue weighted by Crippen LogP contribution is -2.45. The Morgan fingerprint density at radius 3 is 2.31 bits per heavy atom. The number of alkyl halides is 3. The van der Waals surface area contributed by atoms with Crippen LogP contribution in [-0.2, 0) is 24.1 Å². The minimum Gasteiger partial charge on any atom is -0.332 e. The van der Waals surface area contributed by atoms with E-state index in [-0.39, 0.29) is 24.2 Å². The Bertz CT molecular complexity index is 1180. The highest BCUT2D eigenvalue weighted by molar-refractivity contribution is 7.10. The van der Waals surface area contributed by atoms with Crippen LogP contribution in [0.2, 0.25) is 0 Å². The summed E-state index contributed by atoms with van der Waals surface area (Å²) in [6.07, 6.45) is -3.18. The van der Waals surface area contributed by atoms with Crippen LogP contribution < -0.4 is 5.32 Å². The fraction of sp³-hybridized carbons (Fsp3) is 0.308. The van der Waals surface area contributed by atoms with Gasteiger partial charge in [-0.1, -0.05) is 42.5 Å². The van der Waals surface area contributed by atoms with Crippen LogP contribution in [0.1, 0.15) is 34.4 Å².